The number of hydrogen-bond acceptors (Lipinski definition) is 3. The summed E-state index contributed by atoms with van der Waals surface area (Å²) in [6, 6.07) is 3.72. The minimum Gasteiger partial charge on any atom is -0.334 e. The van der Waals surface area contributed by atoms with Gasteiger partial charge in [-0.25, -0.2) is 4.79 Å². The van der Waals surface area contributed by atoms with Crippen molar-refractivity contribution in [2.24, 2.45) is 0 Å². The van der Waals surface area contributed by atoms with Crippen molar-refractivity contribution >= 4 is 33.3 Å². The first kappa shape index (κ1) is 14.1. The lowest BCUT2D eigenvalue weighted by Gasteiger charge is -2.14. The highest BCUT2D eigenvalue weighted by atomic mass is 79.9. The lowest BCUT2D eigenvalue weighted by molar-refractivity contribution is 0.236. The van der Waals surface area contributed by atoms with Gasteiger partial charge in [-0.15, -0.1) is 11.3 Å². The number of carbonyl (C=O) groups is 1. The Morgan fingerprint density at radius 3 is 3.11 bits per heavy atom. The number of aromatic nitrogens is 2. The fourth-order valence-electron chi connectivity index (χ4n) is 1.63. The van der Waals surface area contributed by atoms with Crippen LogP contribution in [-0.4, -0.2) is 21.9 Å². The Morgan fingerprint density at radius 1 is 1.63 bits per heavy atom. The van der Waals surface area contributed by atoms with Crippen molar-refractivity contribution in [1.82, 2.24) is 20.4 Å². The first-order valence-corrected chi connectivity index (χ1v) is 7.55. The van der Waals surface area contributed by atoms with E-state index >= 15 is 0 Å². The predicted molar refractivity (Wildman–Crippen MR) is 79.1 cm³/mol. The SMILES string of the molecule is C[C@@H](Cn1cccn1)NC(=O)NCc1csc(Br)c1. The van der Waals surface area contributed by atoms with E-state index in [0.717, 1.165) is 9.35 Å². The molecule has 0 radical (unpaired) electrons. The second-order valence-corrected chi connectivity index (χ2v) is 6.51. The van der Waals surface area contributed by atoms with Crippen molar-refractivity contribution in [1.29, 1.82) is 0 Å². The van der Waals surface area contributed by atoms with E-state index in [2.05, 4.69) is 31.7 Å². The summed E-state index contributed by atoms with van der Waals surface area (Å²) in [7, 11) is 0. The van der Waals surface area contributed by atoms with E-state index in [9.17, 15) is 4.79 Å². The van der Waals surface area contributed by atoms with Crippen LogP contribution in [0.1, 0.15) is 12.5 Å². The normalized spacial score (nSPS) is 12.1. The van der Waals surface area contributed by atoms with Gasteiger partial charge in [0, 0.05) is 25.0 Å². The van der Waals surface area contributed by atoms with Crippen LogP contribution in [0.3, 0.4) is 0 Å². The molecule has 0 aliphatic heterocycles. The van der Waals surface area contributed by atoms with Gasteiger partial charge in [-0.05, 0) is 45.9 Å². The number of nitrogens with one attached hydrogen (secondary N) is 2. The second kappa shape index (κ2) is 6.72. The molecule has 2 N–H and O–H groups in total. The molecule has 0 aliphatic carbocycles. The number of carbonyl (C=O) groups excluding carboxylic acids is 1. The highest BCUT2D eigenvalue weighted by Gasteiger charge is 2.08. The highest BCUT2D eigenvalue weighted by molar-refractivity contribution is 9.11. The zero-order valence-corrected chi connectivity index (χ0v) is 12.9. The van der Waals surface area contributed by atoms with Crippen LogP contribution in [0.25, 0.3) is 0 Å². The Labute approximate surface area is 124 Å². The molecular weight excluding hydrogens is 328 g/mol. The Hall–Kier alpha value is -1.34. The number of amides is 2. The average molecular weight is 343 g/mol. The topological polar surface area (TPSA) is 59.0 Å². The van der Waals surface area contributed by atoms with Crippen molar-refractivity contribution in [2.45, 2.75) is 26.1 Å². The molecule has 0 saturated carbocycles. The molecule has 1 atom stereocenters. The summed E-state index contributed by atoms with van der Waals surface area (Å²) in [6.45, 7) is 3.13. The molecule has 0 fully saturated rings. The molecule has 0 unspecified atom stereocenters. The number of halogens is 1. The monoisotopic (exact) mass is 342 g/mol. The fourth-order valence-corrected chi connectivity index (χ4v) is 2.84. The molecular formula is C12H15BrN4OS. The van der Waals surface area contributed by atoms with Crippen LogP contribution in [0.5, 0.6) is 0 Å². The molecule has 0 bridgehead atoms. The van der Waals surface area contributed by atoms with Gasteiger partial charge in [0.05, 0.1) is 10.3 Å². The first-order valence-electron chi connectivity index (χ1n) is 5.88. The molecule has 2 aromatic heterocycles. The molecule has 2 heterocycles. The van der Waals surface area contributed by atoms with Crippen molar-refractivity contribution < 1.29 is 4.79 Å². The zero-order valence-electron chi connectivity index (χ0n) is 10.5. The van der Waals surface area contributed by atoms with E-state index < -0.39 is 0 Å². The third-order valence-electron chi connectivity index (χ3n) is 2.47. The lowest BCUT2D eigenvalue weighted by Crippen LogP contribution is -2.42. The van der Waals surface area contributed by atoms with Crippen LogP contribution in [0.4, 0.5) is 4.79 Å². The smallest absolute Gasteiger partial charge is 0.315 e. The number of hydrogen-bond donors (Lipinski definition) is 2. The standard InChI is InChI=1S/C12H15BrN4OS/c1-9(7-17-4-2-3-15-17)16-12(18)14-6-10-5-11(13)19-8-10/h2-5,8-9H,6-7H2,1H3,(H2,14,16,18)/t9-/m0/s1. The van der Waals surface area contributed by atoms with E-state index in [1.165, 1.54) is 0 Å². The van der Waals surface area contributed by atoms with Crippen LogP contribution in [-0.2, 0) is 13.1 Å². The summed E-state index contributed by atoms with van der Waals surface area (Å²) in [5.74, 6) is 0. The maximum absolute atomic E-state index is 11.7. The van der Waals surface area contributed by atoms with Crippen molar-refractivity contribution in [3.8, 4) is 0 Å². The molecule has 0 spiro atoms. The predicted octanol–water partition coefficient (Wildman–Crippen LogP) is 2.60. The third kappa shape index (κ3) is 4.68. The van der Waals surface area contributed by atoms with E-state index in [-0.39, 0.29) is 12.1 Å². The van der Waals surface area contributed by atoms with E-state index in [0.29, 0.717) is 13.1 Å². The Kier molecular flexibility index (Phi) is 4.98. The van der Waals surface area contributed by atoms with Gasteiger partial charge in [0.25, 0.3) is 0 Å². The molecule has 0 aromatic carbocycles. The molecule has 19 heavy (non-hydrogen) atoms. The average Bonchev–Trinajstić information content (AvgIpc) is 2.98. The van der Waals surface area contributed by atoms with E-state index in [4.69, 9.17) is 0 Å². The Morgan fingerprint density at radius 2 is 2.47 bits per heavy atom. The van der Waals surface area contributed by atoms with Crippen molar-refractivity contribution in [3.63, 3.8) is 0 Å². The largest absolute Gasteiger partial charge is 0.334 e. The fraction of sp³-hybridized carbons (Fsp3) is 0.333. The van der Waals surface area contributed by atoms with Crippen molar-refractivity contribution in [3.05, 3.63) is 39.3 Å². The van der Waals surface area contributed by atoms with Gasteiger partial charge in [0.1, 0.15) is 0 Å². The zero-order chi connectivity index (χ0) is 13.7. The van der Waals surface area contributed by atoms with Gasteiger partial charge in [-0.2, -0.15) is 5.10 Å². The van der Waals surface area contributed by atoms with Gasteiger partial charge >= 0.3 is 6.03 Å². The van der Waals surface area contributed by atoms with Gasteiger partial charge in [0.2, 0.25) is 0 Å². The Balaban J connectivity index is 1.71. The third-order valence-corrected chi connectivity index (χ3v) is 4.03. The van der Waals surface area contributed by atoms with Gasteiger partial charge < -0.3 is 10.6 Å². The Bertz CT molecular complexity index is 526. The minimum absolute atomic E-state index is 0.0223. The first-order chi connectivity index (χ1) is 9.13. The summed E-state index contributed by atoms with van der Waals surface area (Å²) >= 11 is 5.00. The highest BCUT2D eigenvalue weighted by Crippen LogP contribution is 2.20. The molecule has 2 rings (SSSR count). The summed E-state index contributed by atoms with van der Waals surface area (Å²) in [5.41, 5.74) is 1.09. The second-order valence-electron chi connectivity index (χ2n) is 4.22. The summed E-state index contributed by atoms with van der Waals surface area (Å²) in [6.07, 6.45) is 3.60. The van der Waals surface area contributed by atoms with Crippen LogP contribution >= 0.6 is 27.3 Å². The van der Waals surface area contributed by atoms with Crippen LogP contribution in [0.2, 0.25) is 0 Å². The summed E-state index contributed by atoms with van der Waals surface area (Å²) in [5, 5.41) is 11.8. The van der Waals surface area contributed by atoms with Crippen LogP contribution in [0.15, 0.2) is 33.7 Å². The van der Waals surface area contributed by atoms with Gasteiger partial charge in [-0.3, -0.25) is 4.68 Å². The summed E-state index contributed by atoms with van der Waals surface area (Å²) < 4.78 is 2.86. The molecule has 7 heteroatoms. The minimum atomic E-state index is -0.165. The number of urea groups is 1. The van der Waals surface area contributed by atoms with Crippen molar-refractivity contribution in [2.75, 3.05) is 0 Å². The quantitative estimate of drug-likeness (QED) is 0.877. The van der Waals surface area contributed by atoms with Gasteiger partial charge in [-0.1, -0.05) is 0 Å². The number of thiophene rings is 1. The molecule has 2 amide bonds. The number of nitrogens with zero attached hydrogens (tertiary/aromatic N) is 2. The lowest BCUT2D eigenvalue weighted by atomic mass is 10.3. The van der Waals surface area contributed by atoms with E-state index in [1.54, 1.807) is 22.2 Å². The molecule has 0 aliphatic rings. The van der Waals surface area contributed by atoms with Gasteiger partial charge in [0.15, 0.2) is 0 Å². The van der Waals surface area contributed by atoms with Crippen LogP contribution in [0, 0.1) is 0 Å². The van der Waals surface area contributed by atoms with E-state index in [1.807, 2.05) is 30.6 Å². The molecule has 102 valence electrons. The molecule has 2 aromatic rings. The van der Waals surface area contributed by atoms with Crippen LogP contribution < -0.4 is 10.6 Å². The summed E-state index contributed by atoms with van der Waals surface area (Å²) in [4.78, 5) is 11.7. The maximum atomic E-state index is 11.7. The molecule has 0 saturated heterocycles. The number of rotatable bonds is 5. The molecule has 5 nitrogen and oxygen atoms in total. The maximum Gasteiger partial charge on any atom is 0.315 e.